The van der Waals surface area contributed by atoms with Crippen molar-refractivity contribution in [1.29, 1.82) is 0 Å². The third kappa shape index (κ3) is 6.95. The zero-order valence-corrected chi connectivity index (χ0v) is 21.7. The van der Waals surface area contributed by atoms with Crippen molar-refractivity contribution in [1.82, 2.24) is 0 Å². The van der Waals surface area contributed by atoms with Crippen molar-refractivity contribution in [2.45, 2.75) is 33.1 Å². The van der Waals surface area contributed by atoms with E-state index in [0.717, 1.165) is 22.4 Å². The van der Waals surface area contributed by atoms with Gasteiger partial charge in [0, 0.05) is 17.6 Å². The Morgan fingerprint density at radius 1 is 0.757 bits per heavy atom. The summed E-state index contributed by atoms with van der Waals surface area (Å²) in [5, 5.41) is 0. The Bertz CT molecular complexity index is 1350. The van der Waals surface area contributed by atoms with E-state index < -0.39 is 0 Å². The molecule has 0 saturated heterocycles. The molecular weight excluding hydrogens is 452 g/mol. The first-order valence-electron chi connectivity index (χ1n) is 13.1. The smallest absolute Gasteiger partial charge is 0.155 e. The van der Waals surface area contributed by atoms with Crippen LogP contribution in [0, 0.1) is 0 Å². The van der Waals surface area contributed by atoms with Gasteiger partial charge in [-0.15, -0.1) is 0 Å². The lowest BCUT2D eigenvalue weighted by atomic mass is 9.87. The average molecular weight is 487 g/mol. The monoisotopic (exact) mass is 486 g/mol. The molecule has 0 spiro atoms. The Balaban J connectivity index is 0.000000301. The molecule has 2 heteroatoms. The first-order chi connectivity index (χ1) is 18.2. The summed E-state index contributed by atoms with van der Waals surface area (Å²) in [6.07, 6.45) is 6.50. The first-order valence-corrected chi connectivity index (χ1v) is 13.1. The standard InChI is InChI=1S/C26H22O2.C9H12/c1-2-22(27)17-14-19-12-15-21(16-13-19)26-23-10-6-7-11-25(23)28-18-24(26)20-8-4-3-5-9-20;1-2-6-9-7-4-3-5-8-9/h3-17H,2,18H2,1H3;3-5,7-8H,2,6H2,1H3/b17-14+;. The van der Waals surface area contributed by atoms with Gasteiger partial charge in [-0.3, -0.25) is 4.79 Å². The Morgan fingerprint density at radius 2 is 1.41 bits per heavy atom. The van der Waals surface area contributed by atoms with Crippen LogP contribution in [-0.4, -0.2) is 12.4 Å². The van der Waals surface area contributed by atoms with Gasteiger partial charge in [0.15, 0.2) is 5.78 Å². The number of aryl methyl sites for hydroxylation is 1. The molecule has 186 valence electrons. The van der Waals surface area contributed by atoms with Crippen LogP contribution in [0.2, 0.25) is 0 Å². The van der Waals surface area contributed by atoms with Gasteiger partial charge in [-0.05, 0) is 46.4 Å². The maximum atomic E-state index is 11.5. The van der Waals surface area contributed by atoms with E-state index in [4.69, 9.17) is 4.74 Å². The molecular formula is C35H34O2. The molecule has 0 radical (unpaired) electrons. The number of hydrogen-bond acceptors (Lipinski definition) is 2. The fourth-order valence-corrected chi connectivity index (χ4v) is 4.38. The number of ether oxygens (including phenoxy) is 1. The summed E-state index contributed by atoms with van der Waals surface area (Å²) in [4.78, 5) is 11.5. The lowest BCUT2D eigenvalue weighted by Crippen LogP contribution is -2.11. The van der Waals surface area contributed by atoms with Crippen molar-refractivity contribution in [2.75, 3.05) is 6.61 Å². The first kappa shape index (κ1) is 25.9. The van der Waals surface area contributed by atoms with Crippen LogP contribution in [0.15, 0.2) is 115 Å². The summed E-state index contributed by atoms with van der Waals surface area (Å²) in [6, 6.07) is 37.5. The maximum Gasteiger partial charge on any atom is 0.155 e. The van der Waals surface area contributed by atoms with Crippen molar-refractivity contribution >= 4 is 23.0 Å². The number of allylic oxidation sites excluding steroid dienone is 1. The number of hydrogen-bond donors (Lipinski definition) is 0. The van der Waals surface area contributed by atoms with Crippen molar-refractivity contribution in [3.8, 4) is 5.75 Å². The van der Waals surface area contributed by atoms with Gasteiger partial charge in [0.25, 0.3) is 0 Å². The van der Waals surface area contributed by atoms with Gasteiger partial charge >= 0.3 is 0 Å². The summed E-state index contributed by atoms with van der Waals surface area (Å²) >= 11 is 0. The van der Waals surface area contributed by atoms with Gasteiger partial charge < -0.3 is 4.74 Å². The Morgan fingerprint density at radius 3 is 2.08 bits per heavy atom. The molecule has 37 heavy (non-hydrogen) atoms. The molecule has 0 aromatic heterocycles. The number of para-hydroxylation sites is 1. The van der Waals surface area contributed by atoms with Crippen molar-refractivity contribution < 1.29 is 9.53 Å². The predicted octanol–water partition coefficient (Wildman–Crippen LogP) is 8.67. The molecule has 0 unspecified atom stereocenters. The van der Waals surface area contributed by atoms with Gasteiger partial charge in [0.2, 0.25) is 0 Å². The molecule has 5 rings (SSSR count). The van der Waals surface area contributed by atoms with E-state index in [1.807, 2.05) is 37.3 Å². The Hall–Kier alpha value is -4.17. The van der Waals surface area contributed by atoms with Gasteiger partial charge in [0.1, 0.15) is 12.4 Å². The third-order valence-corrected chi connectivity index (χ3v) is 6.34. The van der Waals surface area contributed by atoms with E-state index in [1.165, 1.54) is 35.1 Å². The maximum absolute atomic E-state index is 11.5. The number of carbonyl (C=O) groups excluding carboxylic acids is 1. The zero-order chi connectivity index (χ0) is 25.9. The highest BCUT2D eigenvalue weighted by atomic mass is 16.5. The Kier molecular flexibility index (Phi) is 9.26. The van der Waals surface area contributed by atoms with Crippen LogP contribution in [0.5, 0.6) is 5.75 Å². The quantitative estimate of drug-likeness (QED) is 0.244. The summed E-state index contributed by atoms with van der Waals surface area (Å²) in [6.45, 7) is 4.62. The molecule has 4 aromatic rings. The van der Waals surface area contributed by atoms with E-state index in [9.17, 15) is 4.79 Å². The fourth-order valence-electron chi connectivity index (χ4n) is 4.38. The van der Waals surface area contributed by atoms with E-state index in [2.05, 4.69) is 91.9 Å². The molecule has 0 saturated carbocycles. The van der Waals surface area contributed by atoms with E-state index >= 15 is 0 Å². The molecule has 2 nitrogen and oxygen atoms in total. The van der Waals surface area contributed by atoms with Crippen molar-refractivity contribution in [3.05, 3.63) is 143 Å². The summed E-state index contributed by atoms with van der Waals surface area (Å²) in [5.41, 5.74) is 8.28. The van der Waals surface area contributed by atoms with Crippen LogP contribution in [0.1, 0.15) is 54.5 Å². The van der Waals surface area contributed by atoms with E-state index in [1.54, 1.807) is 6.08 Å². The van der Waals surface area contributed by atoms with Crippen LogP contribution >= 0.6 is 0 Å². The van der Waals surface area contributed by atoms with Gasteiger partial charge in [-0.2, -0.15) is 0 Å². The van der Waals surface area contributed by atoms with Crippen molar-refractivity contribution in [3.63, 3.8) is 0 Å². The molecule has 1 aliphatic rings. The molecule has 0 bridgehead atoms. The minimum absolute atomic E-state index is 0.136. The van der Waals surface area contributed by atoms with E-state index in [-0.39, 0.29) is 5.78 Å². The summed E-state index contributed by atoms with van der Waals surface area (Å²) in [5.74, 6) is 1.05. The second kappa shape index (κ2) is 13.2. The normalized spacial score (nSPS) is 12.4. The van der Waals surface area contributed by atoms with Crippen LogP contribution in [0.3, 0.4) is 0 Å². The van der Waals surface area contributed by atoms with Gasteiger partial charge in [0.05, 0.1) is 0 Å². The minimum Gasteiger partial charge on any atom is -0.488 e. The number of fused-ring (bicyclic) bond motifs is 1. The van der Waals surface area contributed by atoms with Crippen LogP contribution in [-0.2, 0) is 11.2 Å². The van der Waals surface area contributed by atoms with Crippen LogP contribution in [0.25, 0.3) is 17.2 Å². The zero-order valence-electron chi connectivity index (χ0n) is 21.7. The lowest BCUT2D eigenvalue weighted by Gasteiger charge is -2.25. The van der Waals surface area contributed by atoms with E-state index in [0.29, 0.717) is 13.0 Å². The summed E-state index contributed by atoms with van der Waals surface area (Å²) in [7, 11) is 0. The molecule has 0 N–H and O–H groups in total. The number of rotatable bonds is 7. The highest BCUT2D eigenvalue weighted by Gasteiger charge is 2.22. The Labute approximate surface area is 221 Å². The highest BCUT2D eigenvalue weighted by Crippen LogP contribution is 2.40. The third-order valence-electron chi connectivity index (χ3n) is 6.34. The predicted molar refractivity (Wildman–Crippen MR) is 156 cm³/mol. The number of carbonyl (C=O) groups is 1. The second-order valence-corrected chi connectivity index (χ2v) is 9.02. The molecule has 1 aliphatic heterocycles. The fraction of sp³-hybridized carbons (Fsp3) is 0.171. The molecule has 0 amide bonds. The average Bonchev–Trinajstić information content (AvgIpc) is 2.97. The van der Waals surface area contributed by atoms with Crippen molar-refractivity contribution in [2.24, 2.45) is 0 Å². The topological polar surface area (TPSA) is 26.3 Å². The molecule has 0 fully saturated rings. The summed E-state index contributed by atoms with van der Waals surface area (Å²) < 4.78 is 6.04. The second-order valence-electron chi connectivity index (χ2n) is 9.02. The number of ketones is 1. The largest absolute Gasteiger partial charge is 0.488 e. The van der Waals surface area contributed by atoms with Crippen LogP contribution in [0.4, 0.5) is 0 Å². The SMILES string of the molecule is CCC(=O)/C=C/c1ccc(C2=C(c3ccccc3)COc3ccccc32)cc1.CCCc1ccccc1. The van der Waals surface area contributed by atoms with Gasteiger partial charge in [-0.25, -0.2) is 0 Å². The molecule has 4 aromatic carbocycles. The molecule has 0 atom stereocenters. The number of benzene rings is 4. The van der Waals surface area contributed by atoms with Gasteiger partial charge in [-0.1, -0.05) is 129 Å². The molecule has 1 heterocycles. The lowest BCUT2D eigenvalue weighted by molar-refractivity contribution is -0.114. The highest BCUT2D eigenvalue weighted by molar-refractivity contribution is 6.01. The van der Waals surface area contributed by atoms with Crippen LogP contribution < -0.4 is 4.74 Å². The molecule has 0 aliphatic carbocycles. The minimum atomic E-state index is 0.136.